The predicted octanol–water partition coefficient (Wildman–Crippen LogP) is 3.73. The van der Waals surface area contributed by atoms with Gasteiger partial charge in [-0.05, 0) is 71.2 Å². The summed E-state index contributed by atoms with van der Waals surface area (Å²) in [6, 6.07) is 8.50. The summed E-state index contributed by atoms with van der Waals surface area (Å²) in [5.74, 6) is 0.635. The molecule has 6 nitrogen and oxygen atoms in total. The van der Waals surface area contributed by atoms with Gasteiger partial charge in [0.25, 0.3) is 0 Å². The van der Waals surface area contributed by atoms with Crippen molar-refractivity contribution in [3.63, 3.8) is 0 Å². The molecule has 2 rings (SSSR count). The van der Waals surface area contributed by atoms with E-state index >= 15 is 0 Å². The van der Waals surface area contributed by atoms with Crippen LogP contribution in [0.15, 0.2) is 62.8 Å². The average molecular weight is 417 g/mol. The Balaban J connectivity index is 1.80. The van der Waals surface area contributed by atoms with E-state index in [4.69, 9.17) is 9.15 Å². The Morgan fingerprint density at radius 3 is 2.53 bits per heavy atom. The fraction of sp³-hybridized carbons (Fsp3) is 0.458. The summed E-state index contributed by atoms with van der Waals surface area (Å²) in [4.78, 5) is 11.3. The minimum absolute atomic E-state index is 0.315. The summed E-state index contributed by atoms with van der Waals surface area (Å²) in [6.45, 7) is 7.29. The molecule has 0 aliphatic carbocycles. The predicted molar refractivity (Wildman–Crippen MR) is 118 cm³/mol. The smallest absolute Gasteiger partial charge is 0.336 e. The van der Waals surface area contributed by atoms with E-state index in [0.717, 1.165) is 23.8 Å². The Morgan fingerprint density at radius 1 is 1.13 bits per heavy atom. The molecule has 2 aromatic rings. The summed E-state index contributed by atoms with van der Waals surface area (Å²) in [7, 11) is 0. The molecule has 0 aliphatic rings. The molecular formula is C24H32O6. The molecule has 1 aromatic heterocycles. The first-order valence-electron chi connectivity index (χ1n) is 10.1. The molecule has 0 aliphatic heterocycles. The van der Waals surface area contributed by atoms with Crippen molar-refractivity contribution in [1.29, 1.82) is 0 Å². The van der Waals surface area contributed by atoms with Gasteiger partial charge in [0.2, 0.25) is 0 Å². The van der Waals surface area contributed by atoms with Crippen molar-refractivity contribution in [2.45, 2.75) is 64.8 Å². The molecule has 0 bridgehead atoms. The van der Waals surface area contributed by atoms with Gasteiger partial charge in [-0.2, -0.15) is 0 Å². The topological polar surface area (TPSA) is 100 Å². The van der Waals surface area contributed by atoms with E-state index in [1.807, 2.05) is 38.1 Å². The van der Waals surface area contributed by atoms with Crippen LogP contribution in [0.3, 0.4) is 0 Å². The lowest BCUT2D eigenvalue weighted by molar-refractivity contribution is -0.105. The Morgan fingerprint density at radius 2 is 1.83 bits per heavy atom. The van der Waals surface area contributed by atoms with E-state index in [0.29, 0.717) is 24.4 Å². The molecule has 1 aromatic carbocycles. The molecule has 0 saturated heterocycles. The summed E-state index contributed by atoms with van der Waals surface area (Å²) < 4.78 is 10.9. The van der Waals surface area contributed by atoms with Crippen molar-refractivity contribution in [2.24, 2.45) is 0 Å². The Kier molecular flexibility index (Phi) is 8.41. The van der Waals surface area contributed by atoms with Gasteiger partial charge < -0.3 is 24.5 Å². The zero-order chi connectivity index (χ0) is 22.3. The number of benzene rings is 1. The summed E-state index contributed by atoms with van der Waals surface area (Å²) in [6.07, 6.45) is 3.80. The molecular weight excluding hydrogens is 384 g/mol. The van der Waals surface area contributed by atoms with Crippen LogP contribution in [0.25, 0.3) is 11.0 Å². The van der Waals surface area contributed by atoms with Crippen LogP contribution in [0.5, 0.6) is 5.75 Å². The highest BCUT2D eigenvalue weighted by Gasteiger charge is 2.30. The highest BCUT2D eigenvalue weighted by molar-refractivity contribution is 5.77. The summed E-state index contributed by atoms with van der Waals surface area (Å²) in [5.41, 5.74) is 0.908. The molecule has 0 saturated carbocycles. The second-order valence-corrected chi connectivity index (χ2v) is 8.27. The van der Waals surface area contributed by atoms with E-state index in [2.05, 4.69) is 0 Å². The molecule has 3 N–H and O–H groups in total. The molecule has 0 radical (unpaired) electrons. The molecule has 2 atom stereocenters. The van der Waals surface area contributed by atoms with Crippen molar-refractivity contribution in [3.05, 3.63) is 64.1 Å². The van der Waals surface area contributed by atoms with Crippen molar-refractivity contribution in [3.8, 4) is 5.75 Å². The number of ether oxygens (including phenoxy) is 1. The SMILES string of the molecule is CC(=CCOc1ccc2ccc(=O)oc2c1)CCC=C(C)C[C@@H](O)[C@H](O)C(C)(C)O. The van der Waals surface area contributed by atoms with Crippen LogP contribution in [0.2, 0.25) is 0 Å². The van der Waals surface area contributed by atoms with Gasteiger partial charge in [0.05, 0.1) is 11.7 Å². The first-order valence-corrected chi connectivity index (χ1v) is 10.1. The molecule has 0 spiro atoms. The maximum Gasteiger partial charge on any atom is 0.336 e. The molecule has 6 heteroatoms. The van der Waals surface area contributed by atoms with Crippen molar-refractivity contribution < 1.29 is 24.5 Å². The third-order valence-electron chi connectivity index (χ3n) is 4.93. The van der Waals surface area contributed by atoms with Gasteiger partial charge in [-0.3, -0.25) is 0 Å². The molecule has 30 heavy (non-hydrogen) atoms. The second kappa shape index (κ2) is 10.6. The number of allylic oxidation sites excluding steroid dienone is 2. The first-order chi connectivity index (χ1) is 14.1. The van der Waals surface area contributed by atoms with Gasteiger partial charge in [-0.25, -0.2) is 4.79 Å². The Hall–Kier alpha value is -2.41. The number of hydrogen-bond donors (Lipinski definition) is 3. The molecule has 0 amide bonds. The minimum atomic E-state index is -1.34. The van der Waals surface area contributed by atoms with Gasteiger partial charge in [0, 0.05) is 17.5 Å². The van der Waals surface area contributed by atoms with Gasteiger partial charge in [-0.1, -0.05) is 17.2 Å². The van der Waals surface area contributed by atoms with Crippen LogP contribution in [-0.4, -0.2) is 39.7 Å². The van der Waals surface area contributed by atoms with Gasteiger partial charge in [0.15, 0.2) is 0 Å². The largest absolute Gasteiger partial charge is 0.489 e. The normalized spacial score (nSPS) is 15.3. The fourth-order valence-electron chi connectivity index (χ4n) is 3.05. The maximum absolute atomic E-state index is 11.3. The molecule has 0 unspecified atom stereocenters. The third kappa shape index (κ3) is 7.44. The van der Waals surface area contributed by atoms with Gasteiger partial charge in [-0.15, -0.1) is 0 Å². The quantitative estimate of drug-likeness (QED) is 0.403. The monoisotopic (exact) mass is 416 g/mol. The van der Waals surface area contributed by atoms with Crippen LogP contribution in [-0.2, 0) is 0 Å². The van der Waals surface area contributed by atoms with Crippen LogP contribution < -0.4 is 10.4 Å². The molecule has 164 valence electrons. The van der Waals surface area contributed by atoms with Crippen LogP contribution in [0.4, 0.5) is 0 Å². The number of aliphatic hydroxyl groups is 3. The fourth-order valence-corrected chi connectivity index (χ4v) is 3.05. The van der Waals surface area contributed by atoms with E-state index in [1.54, 1.807) is 12.1 Å². The van der Waals surface area contributed by atoms with E-state index in [9.17, 15) is 20.1 Å². The number of aliphatic hydroxyl groups excluding tert-OH is 2. The average Bonchev–Trinajstić information content (AvgIpc) is 2.66. The Labute approximate surface area is 177 Å². The lowest BCUT2D eigenvalue weighted by atomic mass is 9.93. The number of hydrogen-bond acceptors (Lipinski definition) is 6. The lowest BCUT2D eigenvalue weighted by Crippen LogP contribution is -2.44. The standard InChI is InChI=1S/C24H32O6/c1-16(6-5-7-17(2)14-20(25)23(27)24(3,4)28)12-13-29-19-10-8-18-9-11-22(26)30-21(18)15-19/h7-12,15,20,23,25,27-28H,5-6,13-14H2,1-4H3/t20-,23+/m1/s1. The van der Waals surface area contributed by atoms with Crippen molar-refractivity contribution in [1.82, 2.24) is 0 Å². The van der Waals surface area contributed by atoms with Gasteiger partial charge in [0.1, 0.15) is 24.0 Å². The van der Waals surface area contributed by atoms with E-state index < -0.39 is 17.8 Å². The third-order valence-corrected chi connectivity index (χ3v) is 4.93. The van der Waals surface area contributed by atoms with Crippen molar-refractivity contribution in [2.75, 3.05) is 6.61 Å². The van der Waals surface area contributed by atoms with Gasteiger partial charge >= 0.3 is 5.63 Å². The zero-order valence-electron chi connectivity index (χ0n) is 18.1. The second-order valence-electron chi connectivity index (χ2n) is 8.27. The van der Waals surface area contributed by atoms with Crippen LogP contribution >= 0.6 is 0 Å². The highest BCUT2D eigenvalue weighted by atomic mass is 16.5. The summed E-state index contributed by atoms with van der Waals surface area (Å²) in [5, 5.41) is 30.6. The first kappa shape index (κ1) is 23.9. The minimum Gasteiger partial charge on any atom is -0.489 e. The number of rotatable bonds is 10. The molecule has 1 heterocycles. The van der Waals surface area contributed by atoms with Crippen LogP contribution in [0.1, 0.15) is 47.0 Å². The number of fused-ring (bicyclic) bond motifs is 1. The zero-order valence-corrected chi connectivity index (χ0v) is 18.1. The lowest BCUT2D eigenvalue weighted by Gasteiger charge is -2.28. The van der Waals surface area contributed by atoms with Crippen molar-refractivity contribution >= 4 is 11.0 Å². The molecule has 0 fully saturated rings. The maximum atomic E-state index is 11.3. The highest BCUT2D eigenvalue weighted by Crippen LogP contribution is 2.20. The van der Waals surface area contributed by atoms with E-state index in [-0.39, 0.29) is 5.63 Å². The van der Waals surface area contributed by atoms with Crippen LogP contribution in [0, 0.1) is 0 Å². The summed E-state index contributed by atoms with van der Waals surface area (Å²) >= 11 is 0. The Bertz CT molecular complexity index is 948. The van der Waals surface area contributed by atoms with E-state index in [1.165, 1.54) is 25.5 Å².